The van der Waals surface area contributed by atoms with Gasteiger partial charge in [0, 0.05) is 16.6 Å². The summed E-state index contributed by atoms with van der Waals surface area (Å²) < 4.78 is 5.71. The molecule has 5 aromatic rings. The number of nitrogens with zero attached hydrogens (tertiary/aromatic N) is 3. The molecule has 0 radical (unpaired) electrons. The zero-order chi connectivity index (χ0) is 22.9. The van der Waals surface area contributed by atoms with Gasteiger partial charge in [0.25, 0.3) is 5.91 Å². The Labute approximate surface area is 195 Å². The molecule has 0 aliphatic rings. The third-order valence-corrected chi connectivity index (χ3v) is 5.69. The predicted octanol–water partition coefficient (Wildman–Crippen LogP) is 5.16. The van der Waals surface area contributed by atoms with Crippen LogP contribution in [0.15, 0.2) is 71.1 Å². The van der Waals surface area contributed by atoms with Crippen LogP contribution in [0.3, 0.4) is 0 Å². The normalized spacial score (nSPS) is 11.1. The average molecular weight is 456 g/mol. The van der Waals surface area contributed by atoms with Crippen molar-refractivity contribution >= 4 is 50.9 Å². The monoisotopic (exact) mass is 455 g/mol. The van der Waals surface area contributed by atoms with E-state index >= 15 is 0 Å². The fourth-order valence-corrected chi connectivity index (χ4v) is 3.90. The topological polar surface area (TPSA) is 85.0 Å². The number of aromatic nitrogens is 3. The molecule has 7 nitrogen and oxygen atoms in total. The molecule has 164 valence electrons. The van der Waals surface area contributed by atoms with E-state index in [9.17, 15) is 4.79 Å². The summed E-state index contributed by atoms with van der Waals surface area (Å²) in [5.41, 5.74) is 5.75. The first kappa shape index (κ1) is 20.8. The molecule has 1 amide bonds. The van der Waals surface area contributed by atoms with Gasteiger partial charge in [-0.2, -0.15) is 4.80 Å². The van der Waals surface area contributed by atoms with Crippen molar-refractivity contribution in [3.05, 3.63) is 83.6 Å². The van der Waals surface area contributed by atoms with Crippen LogP contribution in [-0.2, 0) is 6.42 Å². The van der Waals surface area contributed by atoms with Crippen molar-refractivity contribution < 1.29 is 9.21 Å². The quantitative estimate of drug-likeness (QED) is 0.364. The van der Waals surface area contributed by atoms with Crippen molar-refractivity contribution in [2.24, 2.45) is 0 Å². The molecule has 0 aliphatic heterocycles. The van der Waals surface area contributed by atoms with Gasteiger partial charge in [-0.1, -0.05) is 37.3 Å². The Morgan fingerprint density at radius 1 is 1.03 bits per heavy atom. The second kappa shape index (κ2) is 8.48. The van der Waals surface area contributed by atoms with Crippen LogP contribution in [0.25, 0.3) is 27.7 Å². The van der Waals surface area contributed by atoms with E-state index < -0.39 is 5.91 Å². The summed E-state index contributed by atoms with van der Waals surface area (Å²) in [6.07, 6.45) is 0.982. The van der Waals surface area contributed by atoms with Gasteiger partial charge >= 0.3 is 0 Å². The van der Waals surface area contributed by atoms with Crippen LogP contribution in [0.4, 0.5) is 5.69 Å². The number of carbonyl (C=O) groups excluding carboxylic acids is 1. The molecule has 0 unspecified atom stereocenters. The van der Waals surface area contributed by atoms with E-state index in [1.54, 1.807) is 4.80 Å². The zero-order valence-electron chi connectivity index (χ0n) is 18.1. The molecule has 0 saturated carbocycles. The number of anilines is 1. The van der Waals surface area contributed by atoms with Crippen molar-refractivity contribution in [2.45, 2.75) is 20.3 Å². The van der Waals surface area contributed by atoms with Gasteiger partial charge in [0.05, 0.1) is 5.69 Å². The summed E-state index contributed by atoms with van der Waals surface area (Å²) in [4.78, 5) is 14.3. The maximum absolute atomic E-state index is 12.7. The molecule has 0 bridgehead atoms. The molecule has 0 atom stereocenters. The number of thiocarbonyl (C=S) groups is 1. The summed E-state index contributed by atoms with van der Waals surface area (Å²) >= 11 is 5.34. The number of fused-ring (bicyclic) bond motifs is 2. The van der Waals surface area contributed by atoms with Gasteiger partial charge in [-0.25, -0.2) is 0 Å². The van der Waals surface area contributed by atoms with Gasteiger partial charge in [0.1, 0.15) is 16.6 Å². The zero-order valence-corrected chi connectivity index (χ0v) is 18.9. The highest BCUT2D eigenvalue weighted by atomic mass is 32.1. The van der Waals surface area contributed by atoms with Gasteiger partial charge < -0.3 is 9.73 Å². The molecule has 2 N–H and O–H groups in total. The molecular weight excluding hydrogens is 434 g/mol. The summed E-state index contributed by atoms with van der Waals surface area (Å²) in [6.45, 7) is 3.97. The van der Waals surface area contributed by atoms with Gasteiger partial charge in [0.15, 0.2) is 10.9 Å². The number of nitrogens with one attached hydrogen (secondary N) is 2. The number of hydrogen-bond acceptors (Lipinski definition) is 5. The van der Waals surface area contributed by atoms with E-state index in [1.165, 1.54) is 5.56 Å². The fraction of sp³-hybridized carbons (Fsp3) is 0.120. The summed E-state index contributed by atoms with van der Waals surface area (Å²) in [7, 11) is 0. The van der Waals surface area contributed by atoms with Gasteiger partial charge in [0.2, 0.25) is 0 Å². The van der Waals surface area contributed by atoms with Crippen molar-refractivity contribution in [2.75, 3.05) is 5.32 Å². The molecule has 33 heavy (non-hydrogen) atoms. The number of benzene rings is 3. The lowest BCUT2D eigenvalue weighted by atomic mass is 10.1. The van der Waals surface area contributed by atoms with E-state index in [-0.39, 0.29) is 10.9 Å². The molecule has 0 saturated heterocycles. The number of furan rings is 1. The number of para-hydroxylation sites is 1. The number of carbonyl (C=O) groups is 1. The van der Waals surface area contributed by atoms with Crippen molar-refractivity contribution in [1.29, 1.82) is 0 Å². The Morgan fingerprint density at radius 2 is 1.79 bits per heavy atom. The first-order valence-corrected chi connectivity index (χ1v) is 11.0. The number of aryl methyl sites for hydroxylation is 2. The highest BCUT2D eigenvalue weighted by Gasteiger charge is 2.18. The number of hydrogen-bond donors (Lipinski definition) is 2. The first-order chi connectivity index (χ1) is 16.0. The summed E-state index contributed by atoms with van der Waals surface area (Å²) in [5, 5.41) is 15.9. The lowest BCUT2D eigenvalue weighted by molar-refractivity contribution is 0.0952. The lowest BCUT2D eigenvalue weighted by Crippen LogP contribution is -2.34. The SMILES string of the molecule is CCc1ccc(-n2nc3ccc(NC(=S)NC(=O)c4oc5ccccc5c4C)cc3n2)cc1. The van der Waals surface area contributed by atoms with Crippen LogP contribution >= 0.6 is 12.2 Å². The minimum Gasteiger partial charge on any atom is -0.451 e. The predicted molar refractivity (Wildman–Crippen MR) is 133 cm³/mol. The molecule has 2 heterocycles. The lowest BCUT2D eigenvalue weighted by Gasteiger charge is -2.08. The Kier molecular flexibility index (Phi) is 5.35. The molecule has 0 aliphatic carbocycles. The first-order valence-electron chi connectivity index (χ1n) is 10.6. The Morgan fingerprint density at radius 3 is 2.55 bits per heavy atom. The highest BCUT2D eigenvalue weighted by Crippen LogP contribution is 2.25. The highest BCUT2D eigenvalue weighted by molar-refractivity contribution is 7.80. The molecule has 3 aromatic carbocycles. The van der Waals surface area contributed by atoms with Crippen LogP contribution in [-0.4, -0.2) is 26.0 Å². The Balaban J connectivity index is 1.31. The van der Waals surface area contributed by atoms with Crippen LogP contribution in [0.5, 0.6) is 0 Å². The van der Waals surface area contributed by atoms with Crippen LogP contribution in [0.2, 0.25) is 0 Å². The Hall–Kier alpha value is -4.04. The van der Waals surface area contributed by atoms with Crippen LogP contribution < -0.4 is 10.6 Å². The molecule has 0 fully saturated rings. The number of amides is 1. The van der Waals surface area contributed by atoms with Gasteiger partial charge in [-0.05, 0) is 67.5 Å². The maximum atomic E-state index is 12.7. The standard InChI is InChI=1S/C25H21N5O2S/c1-3-16-8-11-18(12-9-16)30-28-20-13-10-17(14-21(20)29-30)26-25(33)27-24(31)23-15(2)19-6-4-5-7-22(19)32-23/h4-14H,3H2,1-2H3,(H2,26,27,31,33). The molecule has 0 spiro atoms. The van der Waals surface area contributed by atoms with E-state index in [0.717, 1.165) is 28.6 Å². The van der Waals surface area contributed by atoms with E-state index in [4.69, 9.17) is 16.6 Å². The van der Waals surface area contributed by atoms with Crippen molar-refractivity contribution in [3.8, 4) is 5.69 Å². The molecular formula is C25H21N5O2S. The second-order valence-electron chi connectivity index (χ2n) is 7.67. The third-order valence-electron chi connectivity index (χ3n) is 5.49. The third kappa shape index (κ3) is 4.08. The maximum Gasteiger partial charge on any atom is 0.293 e. The summed E-state index contributed by atoms with van der Waals surface area (Å²) in [6, 6.07) is 21.2. The van der Waals surface area contributed by atoms with Crippen LogP contribution in [0, 0.1) is 6.92 Å². The minimum atomic E-state index is -0.399. The van der Waals surface area contributed by atoms with E-state index in [0.29, 0.717) is 16.8 Å². The minimum absolute atomic E-state index is 0.168. The van der Waals surface area contributed by atoms with E-state index in [1.807, 2.05) is 61.5 Å². The molecule has 8 heteroatoms. The summed E-state index contributed by atoms with van der Waals surface area (Å²) in [5.74, 6) is -0.156. The van der Waals surface area contributed by atoms with Crippen LogP contribution in [0.1, 0.15) is 28.6 Å². The number of rotatable bonds is 4. The van der Waals surface area contributed by atoms with Gasteiger partial charge in [-0.15, -0.1) is 10.2 Å². The fourth-order valence-electron chi connectivity index (χ4n) is 3.69. The smallest absolute Gasteiger partial charge is 0.293 e. The van der Waals surface area contributed by atoms with Gasteiger partial charge in [-0.3, -0.25) is 10.1 Å². The Bertz CT molecular complexity index is 1500. The van der Waals surface area contributed by atoms with E-state index in [2.05, 4.69) is 39.9 Å². The average Bonchev–Trinajstić information content (AvgIpc) is 3.40. The second-order valence-corrected chi connectivity index (χ2v) is 8.08. The molecule has 5 rings (SSSR count). The van der Waals surface area contributed by atoms with Crippen molar-refractivity contribution in [3.63, 3.8) is 0 Å². The largest absolute Gasteiger partial charge is 0.451 e. The van der Waals surface area contributed by atoms with Crippen molar-refractivity contribution in [1.82, 2.24) is 20.3 Å². The molecule has 2 aromatic heterocycles.